The van der Waals surface area contributed by atoms with Crippen LogP contribution in [0.2, 0.25) is 0 Å². The first kappa shape index (κ1) is 12.1. The Morgan fingerprint density at radius 2 is 2.29 bits per heavy atom. The monoisotopic (exact) mass is 235 g/mol. The van der Waals surface area contributed by atoms with Crippen LogP contribution in [0.1, 0.15) is 12.5 Å². The average Bonchev–Trinajstić information content (AvgIpc) is 2.66. The van der Waals surface area contributed by atoms with Gasteiger partial charge in [0.2, 0.25) is 0 Å². The van der Waals surface area contributed by atoms with E-state index in [1.54, 1.807) is 12.0 Å². The molecule has 0 aliphatic carbocycles. The summed E-state index contributed by atoms with van der Waals surface area (Å²) in [4.78, 5) is 13.7. The van der Waals surface area contributed by atoms with E-state index >= 15 is 0 Å². The van der Waals surface area contributed by atoms with Gasteiger partial charge in [-0.2, -0.15) is 0 Å². The van der Waals surface area contributed by atoms with Crippen molar-refractivity contribution in [3.8, 4) is 0 Å². The fourth-order valence-corrected chi connectivity index (χ4v) is 2.29. The van der Waals surface area contributed by atoms with E-state index in [0.29, 0.717) is 6.61 Å². The molecule has 1 heterocycles. The van der Waals surface area contributed by atoms with E-state index in [1.165, 1.54) is 6.92 Å². The van der Waals surface area contributed by atoms with Gasteiger partial charge in [0, 0.05) is 12.8 Å². The second-order valence-electron chi connectivity index (χ2n) is 4.33. The molecule has 0 spiro atoms. The first-order valence-corrected chi connectivity index (χ1v) is 5.73. The minimum Gasteiger partial charge on any atom is -0.384 e. The van der Waals surface area contributed by atoms with Gasteiger partial charge in [-0.15, -0.1) is 0 Å². The molecule has 0 radical (unpaired) electrons. The smallest absolute Gasteiger partial charge is 0.255 e. The zero-order valence-electron chi connectivity index (χ0n) is 10.1. The van der Waals surface area contributed by atoms with E-state index in [2.05, 4.69) is 0 Å². The van der Waals surface area contributed by atoms with Crippen molar-refractivity contribution in [1.82, 2.24) is 0 Å². The fraction of sp³-hybridized carbons (Fsp3) is 0.462. The number of anilines is 1. The molecule has 2 rings (SSSR count). The highest BCUT2D eigenvalue weighted by molar-refractivity contribution is 5.98. The molecule has 1 aliphatic rings. The minimum atomic E-state index is -0.986. The molecular formula is C13H17NO3. The van der Waals surface area contributed by atoms with Crippen molar-refractivity contribution in [2.45, 2.75) is 25.5 Å². The number of nitrogens with zero attached hydrogens (tertiary/aromatic N) is 1. The van der Waals surface area contributed by atoms with Gasteiger partial charge in [-0.05, 0) is 25.0 Å². The van der Waals surface area contributed by atoms with Crippen molar-refractivity contribution < 1.29 is 14.6 Å². The third-order valence-electron chi connectivity index (χ3n) is 3.03. The van der Waals surface area contributed by atoms with Gasteiger partial charge in [-0.1, -0.05) is 18.2 Å². The van der Waals surface area contributed by atoms with Crippen molar-refractivity contribution in [2.75, 3.05) is 18.6 Å². The fourth-order valence-electron chi connectivity index (χ4n) is 2.29. The molecular weight excluding hydrogens is 218 g/mol. The second kappa shape index (κ2) is 4.85. The van der Waals surface area contributed by atoms with Gasteiger partial charge in [-0.25, -0.2) is 0 Å². The molecule has 92 valence electrons. The number of aliphatic hydroxyl groups is 1. The third-order valence-corrected chi connectivity index (χ3v) is 3.03. The van der Waals surface area contributed by atoms with Crippen LogP contribution >= 0.6 is 0 Å². The molecule has 2 atom stereocenters. The lowest BCUT2D eigenvalue weighted by Crippen LogP contribution is -2.44. The summed E-state index contributed by atoms with van der Waals surface area (Å²) in [6.07, 6.45) is -0.205. The first-order valence-electron chi connectivity index (χ1n) is 5.73. The first-order chi connectivity index (χ1) is 8.15. The van der Waals surface area contributed by atoms with Crippen LogP contribution in [0.4, 0.5) is 5.69 Å². The Bertz CT molecular complexity index is 417. The van der Waals surface area contributed by atoms with Crippen LogP contribution in [0.5, 0.6) is 0 Å². The number of carbonyl (C=O) groups is 1. The Morgan fingerprint density at radius 1 is 1.59 bits per heavy atom. The third kappa shape index (κ3) is 2.18. The summed E-state index contributed by atoms with van der Waals surface area (Å²) in [6, 6.07) is 7.76. The Hall–Kier alpha value is -1.39. The maximum absolute atomic E-state index is 12.0. The Balaban J connectivity index is 2.33. The van der Waals surface area contributed by atoms with Crippen molar-refractivity contribution >= 4 is 11.6 Å². The molecule has 1 aromatic rings. The zero-order valence-corrected chi connectivity index (χ0v) is 10.1. The average molecular weight is 235 g/mol. The topological polar surface area (TPSA) is 49.8 Å². The number of ether oxygens (including phenoxy) is 1. The SMILES string of the molecule is COC[C@@H]1Cc2ccccc2N1C(=O)[C@@H](C)O. The molecule has 0 fully saturated rings. The van der Waals surface area contributed by atoms with E-state index in [0.717, 1.165) is 17.7 Å². The summed E-state index contributed by atoms with van der Waals surface area (Å²) >= 11 is 0. The number of benzene rings is 1. The number of para-hydroxylation sites is 1. The molecule has 1 amide bonds. The number of aliphatic hydroxyl groups excluding tert-OH is 1. The largest absolute Gasteiger partial charge is 0.384 e. The van der Waals surface area contributed by atoms with Gasteiger partial charge < -0.3 is 14.7 Å². The van der Waals surface area contributed by atoms with E-state index in [9.17, 15) is 9.90 Å². The highest BCUT2D eigenvalue weighted by Crippen LogP contribution is 2.32. The Kier molecular flexibility index (Phi) is 3.45. The molecule has 1 aliphatic heterocycles. The van der Waals surface area contributed by atoms with Crippen LogP contribution in [-0.2, 0) is 16.0 Å². The summed E-state index contributed by atoms with van der Waals surface area (Å²) in [7, 11) is 1.62. The molecule has 1 aromatic carbocycles. The van der Waals surface area contributed by atoms with Crippen LogP contribution in [0.3, 0.4) is 0 Å². The van der Waals surface area contributed by atoms with Crippen LogP contribution in [-0.4, -0.2) is 36.9 Å². The lowest BCUT2D eigenvalue weighted by Gasteiger charge is -2.26. The second-order valence-corrected chi connectivity index (χ2v) is 4.33. The number of carbonyl (C=O) groups excluding carboxylic acids is 1. The van der Waals surface area contributed by atoms with Crippen LogP contribution in [0.25, 0.3) is 0 Å². The normalized spacial score (nSPS) is 20.2. The van der Waals surface area contributed by atoms with Crippen molar-refractivity contribution in [1.29, 1.82) is 0 Å². The summed E-state index contributed by atoms with van der Waals surface area (Å²) in [5, 5.41) is 9.46. The molecule has 1 N–H and O–H groups in total. The highest BCUT2D eigenvalue weighted by Gasteiger charge is 2.34. The zero-order chi connectivity index (χ0) is 12.4. The van der Waals surface area contributed by atoms with Crippen molar-refractivity contribution in [2.24, 2.45) is 0 Å². The number of hydrogen-bond donors (Lipinski definition) is 1. The molecule has 0 bridgehead atoms. The van der Waals surface area contributed by atoms with E-state index in [1.807, 2.05) is 24.3 Å². The van der Waals surface area contributed by atoms with E-state index < -0.39 is 6.10 Å². The molecule has 4 nitrogen and oxygen atoms in total. The van der Waals surface area contributed by atoms with Crippen LogP contribution in [0, 0.1) is 0 Å². The van der Waals surface area contributed by atoms with Gasteiger partial charge in [0.25, 0.3) is 5.91 Å². The maximum atomic E-state index is 12.0. The maximum Gasteiger partial charge on any atom is 0.255 e. The number of fused-ring (bicyclic) bond motifs is 1. The standard InChI is InChI=1S/C13H17NO3/c1-9(15)13(16)14-11(8-17-2)7-10-5-3-4-6-12(10)14/h3-6,9,11,15H,7-8H2,1-2H3/t9-,11+/m1/s1. The molecule has 0 saturated carbocycles. The van der Waals surface area contributed by atoms with Gasteiger partial charge in [0.1, 0.15) is 6.10 Å². The lowest BCUT2D eigenvalue weighted by atomic mass is 10.1. The van der Waals surface area contributed by atoms with Crippen LogP contribution < -0.4 is 4.90 Å². The van der Waals surface area contributed by atoms with E-state index in [-0.39, 0.29) is 11.9 Å². The van der Waals surface area contributed by atoms with Gasteiger partial charge in [0.05, 0.1) is 12.6 Å². The number of methoxy groups -OCH3 is 1. The minimum absolute atomic E-state index is 0.0144. The summed E-state index contributed by atoms with van der Waals surface area (Å²) in [5.41, 5.74) is 2.02. The predicted octanol–water partition coefficient (Wildman–Crippen LogP) is 0.972. The summed E-state index contributed by atoms with van der Waals surface area (Å²) in [6.45, 7) is 1.97. The van der Waals surface area contributed by atoms with Crippen LogP contribution in [0.15, 0.2) is 24.3 Å². The quantitative estimate of drug-likeness (QED) is 0.849. The van der Waals surface area contributed by atoms with Crippen molar-refractivity contribution in [3.05, 3.63) is 29.8 Å². The number of hydrogen-bond acceptors (Lipinski definition) is 3. The predicted molar refractivity (Wildman–Crippen MR) is 65.0 cm³/mol. The number of amides is 1. The highest BCUT2D eigenvalue weighted by atomic mass is 16.5. The molecule has 17 heavy (non-hydrogen) atoms. The Morgan fingerprint density at radius 3 is 2.94 bits per heavy atom. The summed E-state index contributed by atoms with van der Waals surface area (Å²) in [5.74, 6) is -0.267. The van der Waals surface area contributed by atoms with Gasteiger partial charge in [-0.3, -0.25) is 4.79 Å². The number of rotatable bonds is 3. The molecule has 0 saturated heterocycles. The van der Waals surface area contributed by atoms with Crippen molar-refractivity contribution in [3.63, 3.8) is 0 Å². The van der Waals surface area contributed by atoms with E-state index in [4.69, 9.17) is 4.74 Å². The Labute approximate surface area is 101 Å². The van der Waals surface area contributed by atoms with Gasteiger partial charge in [0.15, 0.2) is 0 Å². The van der Waals surface area contributed by atoms with Gasteiger partial charge >= 0.3 is 0 Å². The summed E-state index contributed by atoms with van der Waals surface area (Å²) < 4.78 is 5.14. The lowest BCUT2D eigenvalue weighted by molar-refractivity contribution is -0.126. The molecule has 0 unspecified atom stereocenters. The molecule has 4 heteroatoms. The molecule has 0 aromatic heterocycles.